The maximum Gasteiger partial charge on any atom is 0.155 e. The van der Waals surface area contributed by atoms with E-state index >= 15 is 0 Å². The summed E-state index contributed by atoms with van der Waals surface area (Å²) >= 11 is 0. The number of hydrogen-bond donors (Lipinski definition) is 0. The summed E-state index contributed by atoms with van der Waals surface area (Å²) in [4.78, 5) is 24.5. The number of carbonyl (C=O) groups is 2. The zero-order chi connectivity index (χ0) is 13.9. The van der Waals surface area contributed by atoms with Gasteiger partial charge in [0.05, 0.1) is 0 Å². The minimum atomic E-state index is 0.00146. The van der Waals surface area contributed by atoms with Gasteiger partial charge in [-0.05, 0) is 61.3 Å². The summed E-state index contributed by atoms with van der Waals surface area (Å²) in [5.41, 5.74) is 1.29. The molecule has 0 radical (unpaired) electrons. The monoisotopic (exact) mass is 272 g/mol. The van der Waals surface area contributed by atoms with Crippen LogP contribution in [0.3, 0.4) is 0 Å². The molecular weight excluding hydrogens is 248 g/mol. The highest BCUT2D eigenvalue weighted by molar-refractivity contribution is 5.93. The first-order valence-corrected chi connectivity index (χ1v) is 8.36. The molecule has 0 aromatic carbocycles. The molecule has 3 fully saturated rings. The minimum Gasteiger partial charge on any atom is -0.299 e. The number of carbonyl (C=O) groups excluding carboxylic acids is 2. The van der Waals surface area contributed by atoms with Crippen LogP contribution in [0.4, 0.5) is 0 Å². The molecule has 4 aliphatic carbocycles. The summed E-state index contributed by atoms with van der Waals surface area (Å²) in [6.45, 7) is 2.27. The van der Waals surface area contributed by atoms with Crippen molar-refractivity contribution in [2.45, 2.75) is 58.3 Å². The Morgan fingerprint density at radius 2 is 1.95 bits per heavy atom. The lowest BCUT2D eigenvalue weighted by Crippen LogP contribution is -2.51. The minimum absolute atomic E-state index is 0.00146. The average molecular weight is 272 g/mol. The van der Waals surface area contributed by atoms with Crippen LogP contribution < -0.4 is 0 Å². The third kappa shape index (κ3) is 1.63. The van der Waals surface area contributed by atoms with E-state index in [1.165, 1.54) is 24.8 Å². The van der Waals surface area contributed by atoms with Crippen LogP contribution in [0.15, 0.2) is 11.6 Å². The number of ketones is 2. The van der Waals surface area contributed by atoms with Crippen LogP contribution in [-0.4, -0.2) is 11.6 Å². The predicted octanol–water partition coefficient (Wildman–Crippen LogP) is 3.70. The fourth-order valence-corrected chi connectivity index (χ4v) is 5.97. The molecule has 0 aromatic heterocycles. The predicted molar refractivity (Wildman–Crippen MR) is 77.1 cm³/mol. The zero-order valence-electron chi connectivity index (χ0n) is 12.4. The maximum absolute atomic E-state index is 12.8. The molecule has 0 saturated heterocycles. The van der Waals surface area contributed by atoms with Crippen LogP contribution in [0.1, 0.15) is 58.3 Å². The van der Waals surface area contributed by atoms with Crippen molar-refractivity contribution in [1.82, 2.24) is 0 Å². The molecule has 4 rings (SSSR count). The Labute approximate surface area is 121 Å². The van der Waals surface area contributed by atoms with Gasteiger partial charge in [-0.2, -0.15) is 0 Å². The van der Waals surface area contributed by atoms with E-state index in [9.17, 15) is 9.59 Å². The van der Waals surface area contributed by atoms with Crippen LogP contribution >= 0.6 is 0 Å². The van der Waals surface area contributed by atoms with Crippen molar-refractivity contribution in [3.8, 4) is 0 Å². The fraction of sp³-hybridized carbons (Fsp3) is 0.778. The standard InChI is InChI=1S/C18H24O2/c1-18-8-7-13(19)10-12(18)5-6-15-14-4-2-3-11(14)9-16(20)17(15)18/h10-11,14-15,17H,2-9H2,1H3. The van der Waals surface area contributed by atoms with Crippen LogP contribution in [0, 0.1) is 29.1 Å². The third-order valence-electron chi connectivity index (χ3n) is 6.90. The first-order chi connectivity index (χ1) is 9.59. The maximum atomic E-state index is 12.8. The lowest BCUT2D eigenvalue weighted by atomic mass is 9.49. The van der Waals surface area contributed by atoms with Crippen molar-refractivity contribution < 1.29 is 9.59 Å². The van der Waals surface area contributed by atoms with Gasteiger partial charge >= 0.3 is 0 Å². The SMILES string of the molecule is CC12CCC(=O)C=C1CCC1C3CCCC3CC(=O)C12. The smallest absolute Gasteiger partial charge is 0.155 e. The summed E-state index contributed by atoms with van der Waals surface area (Å²) in [7, 11) is 0. The number of hydrogen-bond acceptors (Lipinski definition) is 2. The zero-order valence-corrected chi connectivity index (χ0v) is 12.4. The molecule has 0 aliphatic heterocycles. The highest BCUT2D eigenvalue weighted by Crippen LogP contribution is 2.60. The fourth-order valence-electron chi connectivity index (χ4n) is 5.97. The molecule has 0 bridgehead atoms. The van der Waals surface area contributed by atoms with Gasteiger partial charge < -0.3 is 0 Å². The molecule has 5 unspecified atom stereocenters. The van der Waals surface area contributed by atoms with Crippen molar-refractivity contribution in [2.24, 2.45) is 29.1 Å². The molecule has 2 nitrogen and oxygen atoms in total. The van der Waals surface area contributed by atoms with E-state index in [1.54, 1.807) is 0 Å². The molecule has 0 heterocycles. The first-order valence-electron chi connectivity index (χ1n) is 8.36. The summed E-state index contributed by atoms with van der Waals surface area (Å²) in [6, 6.07) is 0. The van der Waals surface area contributed by atoms with Crippen molar-refractivity contribution in [2.75, 3.05) is 0 Å². The van der Waals surface area contributed by atoms with Gasteiger partial charge in [0.25, 0.3) is 0 Å². The van der Waals surface area contributed by atoms with Gasteiger partial charge in [0.1, 0.15) is 5.78 Å². The number of rotatable bonds is 0. The molecular formula is C18H24O2. The van der Waals surface area contributed by atoms with Gasteiger partial charge in [-0.25, -0.2) is 0 Å². The van der Waals surface area contributed by atoms with Crippen molar-refractivity contribution >= 4 is 11.6 Å². The lowest BCUT2D eigenvalue weighted by Gasteiger charge is -2.53. The summed E-state index contributed by atoms with van der Waals surface area (Å²) in [5.74, 6) is 3.10. The van der Waals surface area contributed by atoms with Gasteiger partial charge in [0, 0.05) is 18.8 Å². The number of allylic oxidation sites excluding steroid dienone is 1. The summed E-state index contributed by atoms with van der Waals surface area (Å²) in [5, 5.41) is 0. The van der Waals surface area contributed by atoms with E-state index in [2.05, 4.69) is 6.92 Å². The topological polar surface area (TPSA) is 34.1 Å². The van der Waals surface area contributed by atoms with Crippen molar-refractivity contribution in [3.05, 3.63) is 11.6 Å². The van der Waals surface area contributed by atoms with E-state index in [0.717, 1.165) is 31.6 Å². The summed E-state index contributed by atoms with van der Waals surface area (Å²) < 4.78 is 0. The Morgan fingerprint density at radius 1 is 1.10 bits per heavy atom. The second kappa shape index (κ2) is 4.29. The summed E-state index contributed by atoms with van der Waals surface area (Å²) in [6.07, 6.45) is 10.4. The second-order valence-corrected chi connectivity index (χ2v) is 7.76. The highest BCUT2D eigenvalue weighted by Gasteiger charge is 2.56. The van der Waals surface area contributed by atoms with Crippen LogP contribution in [0.2, 0.25) is 0 Å². The van der Waals surface area contributed by atoms with Crippen molar-refractivity contribution in [1.29, 1.82) is 0 Å². The average Bonchev–Trinajstić information content (AvgIpc) is 2.87. The molecule has 108 valence electrons. The van der Waals surface area contributed by atoms with Crippen LogP contribution in [0.25, 0.3) is 0 Å². The lowest BCUT2D eigenvalue weighted by molar-refractivity contribution is -0.139. The molecule has 4 aliphatic rings. The molecule has 2 heteroatoms. The Kier molecular flexibility index (Phi) is 2.74. The van der Waals surface area contributed by atoms with Crippen molar-refractivity contribution in [3.63, 3.8) is 0 Å². The molecule has 0 spiro atoms. The van der Waals surface area contributed by atoms with E-state index < -0.39 is 0 Å². The largest absolute Gasteiger partial charge is 0.299 e. The Morgan fingerprint density at radius 3 is 2.80 bits per heavy atom. The van der Waals surface area contributed by atoms with E-state index in [-0.39, 0.29) is 17.1 Å². The van der Waals surface area contributed by atoms with Gasteiger partial charge in [0.2, 0.25) is 0 Å². The number of Topliss-reactive ketones (excluding diaryl/α,β-unsaturated/α-hetero) is 1. The molecule has 0 N–H and O–H groups in total. The van der Waals surface area contributed by atoms with Crippen LogP contribution in [0.5, 0.6) is 0 Å². The molecule has 20 heavy (non-hydrogen) atoms. The Balaban J connectivity index is 1.74. The highest BCUT2D eigenvalue weighted by atomic mass is 16.1. The normalized spacial score (nSPS) is 47.4. The Bertz CT molecular complexity index is 504. The van der Waals surface area contributed by atoms with Gasteiger partial charge in [-0.3, -0.25) is 9.59 Å². The quantitative estimate of drug-likeness (QED) is 0.674. The van der Waals surface area contributed by atoms with E-state index in [0.29, 0.717) is 24.0 Å². The molecule has 5 atom stereocenters. The molecule has 3 saturated carbocycles. The van der Waals surface area contributed by atoms with Gasteiger partial charge in [-0.1, -0.05) is 18.9 Å². The van der Waals surface area contributed by atoms with E-state index in [1.807, 2.05) is 6.08 Å². The van der Waals surface area contributed by atoms with E-state index in [4.69, 9.17) is 0 Å². The van der Waals surface area contributed by atoms with Crippen LogP contribution in [-0.2, 0) is 9.59 Å². The third-order valence-corrected chi connectivity index (χ3v) is 6.90. The van der Waals surface area contributed by atoms with Gasteiger partial charge in [0.15, 0.2) is 5.78 Å². The molecule has 0 aromatic rings. The second-order valence-electron chi connectivity index (χ2n) is 7.76. The Hall–Kier alpha value is -0.920. The number of fused-ring (bicyclic) bond motifs is 5. The first kappa shape index (κ1) is 12.8. The van der Waals surface area contributed by atoms with Gasteiger partial charge in [-0.15, -0.1) is 0 Å². The molecule has 0 amide bonds.